The van der Waals surface area contributed by atoms with Gasteiger partial charge in [-0.15, -0.1) is 0 Å². The number of nitrogens with zero attached hydrogens (tertiary/aromatic N) is 1. The summed E-state index contributed by atoms with van der Waals surface area (Å²) in [5.74, 6) is -0.234. The summed E-state index contributed by atoms with van der Waals surface area (Å²) in [6.45, 7) is 2.68. The third-order valence-corrected chi connectivity index (χ3v) is 2.70. The van der Waals surface area contributed by atoms with Crippen LogP contribution in [0.2, 0.25) is 0 Å². The third kappa shape index (κ3) is 6.30. The quantitative estimate of drug-likeness (QED) is 0.727. The summed E-state index contributed by atoms with van der Waals surface area (Å²) in [6.07, 6.45) is 6.61. The molecule has 1 aromatic heterocycles. The molecule has 0 saturated carbocycles. The van der Waals surface area contributed by atoms with Gasteiger partial charge in [0.2, 0.25) is 5.91 Å². The molecule has 1 atom stereocenters. The number of primary amides is 1. The van der Waals surface area contributed by atoms with Crippen molar-refractivity contribution in [1.29, 1.82) is 0 Å². The van der Waals surface area contributed by atoms with Crippen molar-refractivity contribution in [1.82, 2.24) is 10.3 Å². The topological polar surface area (TPSA) is 68.0 Å². The highest BCUT2D eigenvalue weighted by atomic mass is 32.1. The van der Waals surface area contributed by atoms with Gasteiger partial charge in [0.25, 0.3) is 0 Å². The van der Waals surface area contributed by atoms with Crippen LogP contribution in [0.5, 0.6) is 0 Å². The van der Waals surface area contributed by atoms with Gasteiger partial charge in [0, 0.05) is 31.8 Å². The number of pyridine rings is 1. The number of aromatic nitrogens is 1. The average molecular weight is 264 g/mol. The molecule has 0 aliphatic rings. The van der Waals surface area contributed by atoms with Gasteiger partial charge in [0.1, 0.15) is 0 Å². The lowest BCUT2D eigenvalue weighted by Gasteiger charge is -2.11. The minimum Gasteiger partial charge on any atom is -0.379 e. The summed E-state index contributed by atoms with van der Waals surface area (Å²) in [7, 11) is 0. The van der Waals surface area contributed by atoms with Gasteiger partial charge in [-0.2, -0.15) is 0 Å². The van der Waals surface area contributed by atoms with E-state index in [1.54, 1.807) is 12.4 Å². The standard InChI is InChI=1S/C13H18N3OS/c1-10(8-12(14)17)9-13(18)16-7-4-11-2-5-15-6-3-11/h2-3,5-6,9-10H,4,7-8H2,1H3,(H2,14,17)(H,16,18)/t10-/m1/s1. The molecule has 0 bridgehead atoms. The minimum atomic E-state index is -0.307. The van der Waals surface area contributed by atoms with Crippen LogP contribution < -0.4 is 11.1 Å². The Labute approximate surface area is 113 Å². The van der Waals surface area contributed by atoms with Gasteiger partial charge in [0.05, 0.1) is 4.99 Å². The number of nitrogens with one attached hydrogen (secondary N) is 1. The Bertz CT molecular complexity index is 394. The van der Waals surface area contributed by atoms with Gasteiger partial charge in [0.15, 0.2) is 0 Å². The molecule has 0 saturated heterocycles. The second-order valence-corrected chi connectivity index (χ2v) is 4.65. The predicted molar refractivity (Wildman–Crippen MR) is 75.8 cm³/mol. The van der Waals surface area contributed by atoms with E-state index in [0.717, 1.165) is 13.0 Å². The molecule has 97 valence electrons. The smallest absolute Gasteiger partial charge is 0.217 e. The largest absolute Gasteiger partial charge is 0.379 e. The van der Waals surface area contributed by atoms with Crippen LogP contribution in [0.3, 0.4) is 0 Å². The Hall–Kier alpha value is -1.49. The van der Waals surface area contributed by atoms with Crippen LogP contribution in [-0.2, 0) is 11.2 Å². The summed E-state index contributed by atoms with van der Waals surface area (Å²) in [5.41, 5.74) is 6.33. The van der Waals surface area contributed by atoms with Crippen LogP contribution in [0.1, 0.15) is 18.9 Å². The fourth-order valence-electron chi connectivity index (χ4n) is 1.57. The zero-order valence-electron chi connectivity index (χ0n) is 10.4. The normalized spacial score (nSPS) is 11.8. The van der Waals surface area contributed by atoms with Crippen molar-refractivity contribution in [2.75, 3.05) is 6.54 Å². The van der Waals surface area contributed by atoms with E-state index in [2.05, 4.69) is 10.3 Å². The first kappa shape index (κ1) is 14.6. The molecule has 0 spiro atoms. The lowest BCUT2D eigenvalue weighted by Crippen LogP contribution is -2.27. The molecule has 0 unspecified atom stereocenters. The van der Waals surface area contributed by atoms with Gasteiger partial charge < -0.3 is 11.1 Å². The van der Waals surface area contributed by atoms with E-state index in [0.29, 0.717) is 11.4 Å². The SMILES string of the molecule is C[C@@H]([CH]C(=S)NCCc1ccncc1)CC(N)=O. The maximum Gasteiger partial charge on any atom is 0.217 e. The molecular weight excluding hydrogens is 246 g/mol. The van der Waals surface area contributed by atoms with Crippen LogP contribution >= 0.6 is 12.2 Å². The lowest BCUT2D eigenvalue weighted by atomic mass is 10.0. The molecule has 1 amide bonds. The number of hydrogen-bond donors (Lipinski definition) is 2. The number of amides is 1. The van der Waals surface area contributed by atoms with Gasteiger partial charge >= 0.3 is 0 Å². The predicted octanol–water partition coefficient (Wildman–Crippen LogP) is 1.26. The minimum absolute atomic E-state index is 0.0726. The first-order valence-electron chi connectivity index (χ1n) is 5.88. The number of hydrogen-bond acceptors (Lipinski definition) is 3. The van der Waals surface area contributed by atoms with E-state index in [9.17, 15) is 4.79 Å². The van der Waals surface area contributed by atoms with Crippen LogP contribution in [0, 0.1) is 12.3 Å². The number of thiocarbonyl (C=S) groups is 1. The van der Waals surface area contributed by atoms with Crippen molar-refractivity contribution in [3.8, 4) is 0 Å². The molecule has 1 aromatic rings. The number of nitrogens with two attached hydrogens (primary N) is 1. The maximum absolute atomic E-state index is 10.7. The second kappa shape index (κ2) is 7.76. The van der Waals surface area contributed by atoms with Gasteiger partial charge in [-0.25, -0.2) is 0 Å². The van der Waals surface area contributed by atoms with Crippen LogP contribution in [0.15, 0.2) is 24.5 Å². The fraction of sp³-hybridized carbons (Fsp3) is 0.385. The molecule has 0 aromatic carbocycles. The van der Waals surface area contributed by atoms with Crippen molar-refractivity contribution in [2.24, 2.45) is 11.7 Å². The maximum atomic E-state index is 10.7. The Kier molecular flexibility index (Phi) is 6.28. The summed E-state index contributed by atoms with van der Waals surface area (Å²) >= 11 is 5.17. The molecule has 0 fully saturated rings. The average Bonchev–Trinajstić information content (AvgIpc) is 2.29. The molecular formula is C13H18N3OS. The van der Waals surface area contributed by atoms with E-state index in [1.165, 1.54) is 5.56 Å². The van der Waals surface area contributed by atoms with Crippen LogP contribution in [0.4, 0.5) is 0 Å². The lowest BCUT2D eigenvalue weighted by molar-refractivity contribution is -0.118. The molecule has 1 radical (unpaired) electrons. The highest BCUT2D eigenvalue weighted by Gasteiger charge is 2.09. The van der Waals surface area contributed by atoms with Gasteiger partial charge in [-0.05, 0) is 30.0 Å². The number of carbonyl (C=O) groups excluding carboxylic acids is 1. The zero-order valence-corrected chi connectivity index (χ0v) is 11.2. The highest BCUT2D eigenvalue weighted by molar-refractivity contribution is 7.80. The van der Waals surface area contributed by atoms with Gasteiger partial charge in [-0.1, -0.05) is 19.1 Å². The molecule has 3 N–H and O–H groups in total. The monoisotopic (exact) mass is 264 g/mol. The molecule has 0 aliphatic heterocycles. The Morgan fingerprint density at radius 3 is 2.83 bits per heavy atom. The summed E-state index contributed by atoms with van der Waals surface area (Å²) in [5, 5.41) is 3.14. The van der Waals surface area contributed by atoms with E-state index in [1.807, 2.05) is 25.5 Å². The number of rotatable bonds is 7. The van der Waals surface area contributed by atoms with E-state index < -0.39 is 0 Å². The van der Waals surface area contributed by atoms with Crippen LogP contribution in [-0.4, -0.2) is 22.4 Å². The molecule has 1 heterocycles. The fourth-order valence-corrected chi connectivity index (χ4v) is 1.91. The van der Waals surface area contributed by atoms with E-state index in [4.69, 9.17) is 18.0 Å². The van der Waals surface area contributed by atoms with Crippen LogP contribution in [0.25, 0.3) is 0 Å². The van der Waals surface area contributed by atoms with Crippen molar-refractivity contribution in [3.05, 3.63) is 36.5 Å². The number of carbonyl (C=O) groups is 1. The van der Waals surface area contributed by atoms with Crippen molar-refractivity contribution >= 4 is 23.1 Å². The van der Waals surface area contributed by atoms with E-state index >= 15 is 0 Å². The summed E-state index contributed by atoms with van der Waals surface area (Å²) in [4.78, 5) is 15.3. The first-order valence-corrected chi connectivity index (χ1v) is 6.28. The van der Waals surface area contributed by atoms with Crippen molar-refractivity contribution in [2.45, 2.75) is 19.8 Å². The first-order chi connectivity index (χ1) is 8.58. The van der Waals surface area contributed by atoms with Crippen molar-refractivity contribution < 1.29 is 4.79 Å². The third-order valence-electron chi connectivity index (χ3n) is 2.42. The van der Waals surface area contributed by atoms with Crippen molar-refractivity contribution in [3.63, 3.8) is 0 Å². The highest BCUT2D eigenvalue weighted by Crippen LogP contribution is 2.06. The molecule has 18 heavy (non-hydrogen) atoms. The summed E-state index contributed by atoms with van der Waals surface area (Å²) in [6, 6.07) is 3.95. The Morgan fingerprint density at radius 2 is 2.22 bits per heavy atom. The molecule has 4 nitrogen and oxygen atoms in total. The molecule has 0 aliphatic carbocycles. The summed E-state index contributed by atoms with van der Waals surface area (Å²) < 4.78 is 0. The Balaban J connectivity index is 2.19. The Morgan fingerprint density at radius 1 is 1.56 bits per heavy atom. The van der Waals surface area contributed by atoms with Gasteiger partial charge in [-0.3, -0.25) is 9.78 Å². The van der Waals surface area contributed by atoms with E-state index in [-0.39, 0.29) is 11.8 Å². The molecule has 5 heteroatoms. The zero-order chi connectivity index (χ0) is 13.4. The second-order valence-electron chi connectivity index (χ2n) is 4.21. The molecule has 1 rings (SSSR count).